The summed E-state index contributed by atoms with van der Waals surface area (Å²) in [5.41, 5.74) is 0.0967. The second-order valence-corrected chi connectivity index (χ2v) is 5.42. The number of piperidine rings is 1. The summed E-state index contributed by atoms with van der Waals surface area (Å²) in [6, 6.07) is 3.78. The minimum absolute atomic E-state index is 0.0186. The third-order valence-corrected chi connectivity index (χ3v) is 3.83. The molecular weight excluding hydrogens is 338 g/mol. The minimum atomic E-state index is -2.72. The standard InChI is InChI=1S/C12H11BrF2N2O3/c13-10-7-8(17(19)20)1-2-9(10)11(18)16-5-3-12(14,15)4-6-16/h1-2,7H,3-6H2. The Bertz CT molecular complexity index is 556. The molecule has 2 rings (SSSR count). The second kappa shape index (κ2) is 5.43. The lowest BCUT2D eigenvalue weighted by Crippen LogP contribution is -2.42. The van der Waals surface area contributed by atoms with Crippen molar-refractivity contribution in [1.29, 1.82) is 0 Å². The first kappa shape index (κ1) is 14.8. The molecule has 108 valence electrons. The fourth-order valence-electron chi connectivity index (χ4n) is 2.00. The van der Waals surface area contributed by atoms with E-state index in [1.165, 1.54) is 23.1 Å². The van der Waals surface area contributed by atoms with Gasteiger partial charge in [0.25, 0.3) is 17.5 Å². The van der Waals surface area contributed by atoms with Crippen LogP contribution in [0.25, 0.3) is 0 Å². The molecule has 0 aliphatic carbocycles. The first-order valence-electron chi connectivity index (χ1n) is 5.91. The lowest BCUT2D eigenvalue weighted by molar-refractivity contribution is -0.384. The van der Waals surface area contributed by atoms with Gasteiger partial charge < -0.3 is 4.90 Å². The van der Waals surface area contributed by atoms with Gasteiger partial charge in [-0.3, -0.25) is 14.9 Å². The highest BCUT2D eigenvalue weighted by atomic mass is 79.9. The van der Waals surface area contributed by atoms with Crippen molar-refractivity contribution in [3.8, 4) is 0 Å². The first-order chi connectivity index (χ1) is 9.30. The zero-order chi connectivity index (χ0) is 14.9. The Morgan fingerprint density at radius 1 is 1.35 bits per heavy atom. The number of alkyl halides is 2. The first-order valence-corrected chi connectivity index (χ1v) is 6.70. The smallest absolute Gasteiger partial charge is 0.270 e. The number of likely N-dealkylation sites (tertiary alicyclic amines) is 1. The molecule has 1 aromatic carbocycles. The summed E-state index contributed by atoms with van der Waals surface area (Å²) in [4.78, 5) is 23.6. The topological polar surface area (TPSA) is 63.4 Å². The molecular formula is C12H11BrF2N2O3. The maximum absolute atomic E-state index is 13.0. The van der Waals surface area contributed by atoms with E-state index in [1.54, 1.807) is 0 Å². The van der Waals surface area contributed by atoms with E-state index in [-0.39, 0.29) is 41.7 Å². The molecule has 0 spiro atoms. The van der Waals surface area contributed by atoms with Gasteiger partial charge in [-0.15, -0.1) is 0 Å². The molecule has 20 heavy (non-hydrogen) atoms. The molecule has 5 nitrogen and oxygen atoms in total. The number of amides is 1. The Morgan fingerprint density at radius 2 is 1.95 bits per heavy atom. The Hall–Kier alpha value is -1.57. The summed E-state index contributed by atoms with van der Waals surface area (Å²) in [7, 11) is 0. The summed E-state index contributed by atoms with van der Waals surface area (Å²) in [5.74, 6) is -3.12. The van der Waals surface area contributed by atoms with Crippen LogP contribution in [0.3, 0.4) is 0 Å². The third-order valence-electron chi connectivity index (χ3n) is 3.18. The Labute approximate surface area is 121 Å². The molecule has 1 aromatic rings. The van der Waals surface area contributed by atoms with Crippen molar-refractivity contribution >= 4 is 27.5 Å². The van der Waals surface area contributed by atoms with E-state index in [0.29, 0.717) is 0 Å². The van der Waals surface area contributed by atoms with Crippen LogP contribution >= 0.6 is 15.9 Å². The average molecular weight is 349 g/mol. The Kier molecular flexibility index (Phi) is 4.03. The van der Waals surface area contributed by atoms with Crippen molar-refractivity contribution < 1.29 is 18.5 Å². The van der Waals surface area contributed by atoms with Gasteiger partial charge in [0.1, 0.15) is 0 Å². The number of nitro benzene ring substituents is 1. The minimum Gasteiger partial charge on any atom is -0.338 e. The maximum Gasteiger partial charge on any atom is 0.270 e. The summed E-state index contributed by atoms with van der Waals surface area (Å²) >= 11 is 3.10. The van der Waals surface area contributed by atoms with Crippen molar-refractivity contribution in [1.82, 2.24) is 4.90 Å². The predicted molar refractivity (Wildman–Crippen MR) is 70.9 cm³/mol. The van der Waals surface area contributed by atoms with Gasteiger partial charge in [0.2, 0.25) is 0 Å². The number of nitro groups is 1. The van der Waals surface area contributed by atoms with E-state index in [9.17, 15) is 23.7 Å². The van der Waals surface area contributed by atoms with E-state index >= 15 is 0 Å². The van der Waals surface area contributed by atoms with Crippen LogP contribution in [0.2, 0.25) is 0 Å². The molecule has 0 N–H and O–H groups in total. The number of hydrogen-bond donors (Lipinski definition) is 0. The predicted octanol–water partition coefficient (Wildman–Crippen LogP) is 3.23. The molecule has 0 unspecified atom stereocenters. The average Bonchev–Trinajstić information content (AvgIpc) is 2.37. The zero-order valence-corrected chi connectivity index (χ0v) is 11.9. The third kappa shape index (κ3) is 3.12. The highest BCUT2D eigenvalue weighted by Crippen LogP contribution is 2.30. The van der Waals surface area contributed by atoms with Crippen molar-refractivity contribution in [2.24, 2.45) is 0 Å². The maximum atomic E-state index is 13.0. The van der Waals surface area contributed by atoms with Gasteiger partial charge in [0, 0.05) is 42.5 Å². The number of carbonyl (C=O) groups excluding carboxylic acids is 1. The van der Waals surface area contributed by atoms with Crippen LogP contribution in [-0.4, -0.2) is 34.7 Å². The van der Waals surface area contributed by atoms with E-state index in [4.69, 9.17) is 0 Å². The number of benzene rings is 1. The molecule has 0 bridgehead atoms. The molecule has 1 saturated heterocycles. The lowest BCUT2D eigenvalue weighted by Gasteiger charge is -2.31. The fourth-order valence-corrected chi connectivity index (χ4v) is 2.53. The normalized spacial score (nSPS) is 17.9. The number of non-ortho nitro benzene ring substituents is 1. The number of carbonyl (C=O) groups is 1. The molecule has 0 aromatic heterocycles. The van der Waals surface area contributed by atoms with Crippen molar-refractivity contribution in [2.45, 2.75) is 18.8 Å². The molecule has 8 heteroatoms. The quantitative estimate of drug-likeness (QED) is 0.608. The highest BCUT2D eigenvalue weighted by molar-refractivity contribution is 9.10. The Morgan fingerprint density at radius 3 is 2.45 bits per heavy atom. The fraction of sp³-hybridized carbons (Fsp3) is 0.417. The van der Waals surface area contributed by atoms with E-state index in [1.807, 2.05) is 0 Å². The van der Waals surface area contributed by atoms with Crippen LogP contribution in [0.15, 0.2) is 22.7 Å². The molecule has 0 saturated carbocycles. The van der Waals surface area contributed by atoms with Gasteiger partial charge >= 0.3 is 0 Å². The zero-order valence-electron chi connectivity index (χ0n) is 10.3. The summed E-state index contributed by atoms with van der Waals surface area (Å²) in [5, 5.41) is 10.6. The summed E-state index contributed by atoms with van der Waals surface area (Å²) < 4.78 is 26.4. The van der Waals surface area contributed by atoms with Crippen LogP contribution in [0.5, 0.6) is 0 Å². The molecule has 1 heterocycles. The summed E-state index contributed by atoms with van der Waals surface area (Å²) in [6.07, 6.45) is -0.716. The van der Waals surface area contributed by atoms with Crippen molar-refractivity contribution in [3.05, 3.63) is 38.3 Å². The SMILES string of the molecule is O=C(c1ccc([N+](=O)[O-])cc1Br)N1CCC(F)(F)CC1. The van der Waals surface area contributed by atoms with E-state index < -0.39 is 16.8 Å². The van der Waals surface area contributed by atoms with Gasteiger partial charge in [0.15, 0.2) is 0 Å². The van der Waals surface area contributed by atoms with E-state index in [2.05, 4.69) is 15.9 Å². The molecule has 1 aliphatic rings. The number of halogens is 3. The number of hydrogen-bond acceptors (Lipinski definition) is 3. The molecule has 0 atom stereocenters. The van der Waals surface area contributed by atoms with E-state index in [0.717, 1.165) is 0 Å². The second-order valence-electron chi connectivity index (χ2n) is 4.57. The van der Waals surface area contributed by atoms with Crippen LogP contribution in [0.4, 0.5) is 14.5 Å². The van der Waals surface area contributed by atoms with Crippen molar-refractivity contribution in [3.63, 3.8) is 0 Å². The largest absolute Gasteiger partial charge is 0.338 e. The summed E-state index contributed by atoms with van der Waals surface area (Å²) in [6.45, 7) is -0.0372. The molecule has 1 fully saturated rings. The van der Waals surface area contributed by atoms with Crippen LogP contribution < -0.4 is 0 Å². The molecule has 1 amide bonds. The van der Waals surface area contributed by atoms with Gasteiger partial charge in [0.05, 0.1) is 10.5 Å². The van der Waals surface area contributed by atoms with Crippen molar-refractivity contribution in [2.75, 3.05) is 13.1 Å². The lowest BCUT2D eigenvalue weighted by atomic mass is 10.1. The Balaban J connectivity index is 2.16. The van der Waals surface area contributed by atoms with Crippen LogP contribution in [0.1, 0.15) is 23.2 Å². The van der Waals surface area contributed by atoms with Gasteiger partial charge in [-0.2, -0.15) is 0 Å². The molecule has 0 radical (unpaired) electrons. The van der Waals surface area contributed by atoms with Crippen LogP contribution in [0, 0.1) is 10.1 Å². The molecule has 1 aliphatic heterocycles. The van der Waals surface area contributed by atoms with Crippen LogP contribution in [-0.2, 0) is 0 Å². The monoisotopic (exact) mass is 348 g/mol. The number of nitrogens with zero attached hydrogens (tertiary/aromatic N) is 2. The van der Waals surface area contributed by atoms with Gasteiger partial charge in [-0.05, 0) is 22.0 Å². The van der Waals surface area contributed by atoms with Gasteiger partial charge in [-0.1, -0.05) is 0 Å². The van der Waals surface area contributed by atoms with Gasteiger partial charge in [-0.25, -0.2) is 8.78 Å². The number of rotatable bonds is 2. The highest BCUT2D eigenvalue weighted by Gasteiger charge is 2.36.